The van der Waals surface area contributed by atoms with Crippen molar-refractivity contribution in [3.05, 3.63) is 89.7 Å². The maximum absolute atomic E-state index is 13.3. The molecule has 0 aliphatic heterocycles. The van der Waals surface area contributed by atoms with Crippen LogP contribution in [0.5, 0.6) is 5.75 Å². The number of carbonyl (C=O) groups is 1. The Hall–Kier alpha value is -3.39. The SMILES string of the molecule is COc1ccc(S(=O)(=O)Nc2ccc(C(=O)N(C)Cc3cccc(F)c3)cc2)cc1. The predicted molar refractivity (Wildman–Crippen MR) is 112 cm³/mol. The van der Waals surface area contributed by atoms with E-state index < -0.39 is 10.0 Å². The molecule has 30 heavy (non-hydrogen) atoms. The lowest BCUT2D eigenvalue weighted by molar-refractivity contribution is 0.0785. The molecule has 3 aromatic rings. The second-order valence-corrected chi connectivity index (χ2v) is 8.33. The molecule has 0 atom stereocenters. The topological polar surface area (TPSA) is 75.7 Å². The van der Waals surface area contributed by atoms with Crippen LogP contribution in [0.15, 0.2) is 77.7 Å². The number of sulfonamides is 1. The summed E-state index contributed by atoms with van der Waals surface area (Å²) in [5, 5.41) is 0. The van der Waals surface area contributed by atoms with Crippen molar-refractivity contribution in [2.75, 3.05) is 18.9 Å². The lowest BCUT2D eigenvalue weighted by atomic mass is 10.1. The van der Waals surface area contributed by atoms with Gasteiger partial charge in [0.15, 0.2) is 0 Å². The van der Waals surface area contributed by atoms with Crippen LogP contribution in [0.2, 0.25) is 0 Å². The normalized spacial score (nSPS) is 11.0. The Kier molecular flexibility index (Phi) is 6.37. The van der Waals surface area contributed by atoms with Gasteiger partial charge in [0.2, 0.25) is 0 Å². The minimum atomic E-state index is -3.77. The van der Waals surface area contributed by atoms with Crippen LogP contribution in [0.1, 0.15) is 15.9 Å². The fraction of sp³-hybridized carbons (Fsp3) is 0.136. The standard InChI is InChI=1S/C22H21FN2O4S/c1-25(15-16-4-3-5-18(23)14-16)22(26)17-6-8-19(9-7-17)24-30(27,28)21-12-10-20(29-2)11-13-21/h3-14,24H,15H2,1-2H3. The van der Waals surface area contributed by atoms with E-state index in [4.69, 9.17) is 4.74 Å². The second-order valence-electron chi connectivity index (χ2n) is 6.65. The molecule has 0 aliphatic carbocycles. The number of nitrogens with one attached hydrogen (secondary N) is 1. The summed E-state index contributed by atoms with van der Waals surface area (Å²) in [6.45, 7) is 0.252. The van der Waals surface area contributed by atoms with Gasteiger partial charge in [-0.05, 0) is 66.2 Å². The number of rotatable bonds is 7. The summed E-state index contributed by atoms with van der Waals surface area (Å²) in [6, 6.07) is 18.2. The first-order valence-electron chi connectivity index (χ1n) is 9.05. The molecular weight excluding hydrogens is 407 g/mol. The third-order valence-corrected chi connectivity index (χ3v) is 5.81. The van der Waals surface area contributed by atoms with Gasteiger partial charge >= 0.3 is 0 Å². The molecule has 6 nitrogen and oxygen atoms in total. The Balaban J connectivity index is 1.68. The van der Waals surface area contributed by atoms with Crippen molar-refractivity contribution in [1.82, 2.24) is 4.90 Å². The number of halogens is 1. The number of amides is 1. The zero-order chi connectivity index (χ0) is 21.7. The van der Waals surface area contributed by atoms with Gasteiger partial charge < -0.3 is 9.64 Å². The number of benzene rings is 3. The highest BCUT2D eigenvalue weighted by molar-refractivity contribution is 7.92. The first-order chi connectivity index (χ1) is 14.3. The van der Waals surface area contributed by atoms with Crippen LogP contribution in [-0.2, 0) is 16.6 Å². The summed E-state index contributed by atoms with van der Waals surface area (Å²) in [5.74, 6) is -0.0650. The molecule has 1 N–H and O–H groups in total. The fourth-order valence-corrected chi connectivity index (χ4v) is 3.91. The van der Waals surface area contributed by atoms with E-state index in [2.05, 4.69) is 4.72 Å². The average molecular weight is 428 g/mol. The van der Waals surface area contributed by atoms with E-state index >= 15 is 0 Å². The van der Waals surface area contributed by atoms with Gasteiger partial charge in [-0.3, -0.25) is 9.52 Å². The number of hydrogen-bond donors (Lipinski definition) is 1. The molecule has 0 saturated carbocycles. The van der Waals surface area contributed by atoms with Crippen molar-refractivity contribution in [1.29, 1.82) is 0 Å². The summed E-state index contributed by atoms with van der Waals surface area (Å²) in [7, 11) is -0.650. The third kappa shape index (κ3) is 5.15. The Morgan fingerprint density at radius 1 is 1.03 bits per heavy atom. The highest BCUT2D eigenvalue weighted by atomic mass is 32.2. The Bertz CT molecular complexity index is 1130. The number of anilines is 1. The smallest absolute Gasteiger partial charge is 0.261 e. The first kappa shape index (κ1) is 21.3. The van der Waals surface area contributed by atoms with Gasteiger partial charge in [-0.15, -0.1) is 0 Å². The van der Waals surface area contributed by atoms with Crippen molar-refractivity contribution in [2.45, 2.75) is 11.4 Å². The van der Waals surface area contributed by atoms with Crippen LogP contribution >= 0.6 is 0 Å². The highest BCUT2D eigenvalue weighted by Gasteiger charge is 2.16. The molecule has 0 saturated heterocycles. The molecular formula is C22H21FN2O4S. The van der Waals surface area contributed by atoms with Crippen molar-refractivity contribution < 1.29 is 22.3 Å². The molecule has 156 valence electrons. The largest absolute Gasteiger partial charge is 0.497 e. The van der Waals surface area contributed by atoms with Crippen LogP contribution in [0.4, 0.5) is 10.1 Å². The molecule has 0 bridgehead atoms. The molecule has 3 aromatic carbocycles. The Morgan fingerprint density at radius 3 is 2.30 bits per heavy atom. The minimum absolute atomic E-state index is 0.0956. The predicted octanol–water partition coefficient (Wildman–Crippen LogP) is 3.91. The van der Waals surface area contributed by atoms with E-state index in [1.54, 1.807) is 31.3 Å². The van der Waals surface area contributed by atoms with Crippen LogP contribution in [-0.4, -0.2) is 33.4 Å². The van der Waals surface area contributed by atoms with Gasteiger partial charge in [-0.2, -0.15) is 0 Å². The van der Waals surface area contributed by atoms with Crippen LogP contribution in [0.3, 0.4) is 0 Å². The quantitative estimate of drug-likeness (QED) is 0.619. The average Bonchev–Trinajstić information content (AvgIpc) is 2.73. The molecule has 0 unspecified atom stereocenters. The fourth-order valence-electron chi connectivity index (χ4n) is 2.85. The Labute approximate surface area is 175 Å². The van der Waals surface area contributed by atoms with Gasteiger partial charge in [0.25, 0.3) is 15.9 Å². The van der Waals surface area contributed by atoms with Crippen LogP contribution in [0, 0.1) is 5.82 Å². The van der Waals surface area contributed by atoms with E-state index in [1.807, 2.05) is 0 Å². The highest BCUT2D eigenvalue weighted by Crippen LogP contribution is 2.20. The van der Waals surface area contributed by atoms with Gasteiger partial charge in [0.05, 0.1) is 12.0 Å². The van der Waals surface area contributed by atoms with Gasteiger partial charge in [-0.1, -0.05) is 12.1 Å². The van der Waals surface area contributed by atoms with Crippen LogP contribution < -0.4 is 9.46 Å². The van der Waals surface area contributed by atoms with Gasteiger partial charge in [0, 0.05) is 24.8 Å². The van der Waals surface area contributed by atoms with Crippen molar-refractivity contribution >= 4 is 21.6 Å². The molecule has 3 rings (SSSR count). The van der Waals surface area contributed by atoms with Crippen molar-refractivity contribution in [2.24, 2.45) is 0 Å². The summed E-state index contributed by atoms with van der Waals surface area (Å²) >= 11 is 0. The molecule has 0 heterocycles. The number of carbonyl (C=O) groups excluding carboxylic acids is 1. The van der Waals surface area contributed by atoms with E-state index in [1.165, 1.54) is 60.5 Å². The molecule has 1 amide bonds. The van der Waals surface area contributed by atoms with Gasteiger partial charge in [0.1, 0.15) is 11.6 Å². The zero-order valence-corrected chi connectivity index (χ0v) is 17.3. The molecule has 0 spiro atoms. The molecule has 0 fully saturated rings. The molecule has 8 heteroatoms. The minimum Gasteiger partial charge on any atom is -0.497 e. The summed E-state index contributed by atoms with van der Waals surface area (Å²) < 4.78 is 45.8. The zero-order valence-electron chi connectivity index (χ0n) is 16.5. The number of methoxy groups -OCH3 is 1. The monoisotopic (exact) mass is 428 g/mol. The number of nitrogens with zero attached hydrogens (tertiary/aromatic N) is 1. The number of hydrogen-bond acceptors (Lipinski definition) is 4. The van der Waals surface area contributed by atoms with Crippen molar-refractivity contribution in [3.8, 4) is 5.75 Å². The molecule has 0 aromatic heterocycles. The second kappa shape index (κ2) is 8.96. The molecule has 0 aliphatic rings. The lowest BCUT2D eigenvalue weighted by Gasteiger charge is -2.17. The summed E-state index contributed by atoms with van der Waals surface area (Å²) in [6.07, 6.45) is 0. The summed E-state index contributed by atoms with van der Waals surface area (Å²) in [4.78, 5) is 14.2. The maximum atomic E-state index is 13.3. The first-order valence-corrected chi connectivity index (χ1v) is 10.5. The number of ether oxygens (including phenoxy) is 1. The summed E-state index contributed by atoms with van der Waals surface area (Å²) in [5.41, 5.74) is 1.39. The molecule has 0 radical (unpaired) electrons. The van der Waals surface area contributed by atoms with Gasteiger partial charge in [-0.25, -0.2) is 12.8 Å². The van der Waals surface area contributed by atoms with E-state index in [9.17, 15) is 17.6 Å². The van der Waals surface area contributed by atoms with E-state index in [0.29, 0.717) is 22.6 Å². The lowest BCUT2D eigenvalue weighted by Crippen LogP contribution is -2.26. The van der Waals surface area contributed by atoms with Crippen LogP contribution in [0.25, 0.3) is 0 Å². The maximum Gasteiger partial charge on any atom is 0.261 e. The Morgan fingerprint density at radius 2 is 1.70 bits per heavy atom. The van der Waals surface area contributed by atoms with Crippen molar-refractivity contribution in [3.63, 3.8) is 0 Å². The van der Waals surface area contributed by atoms with E-state index in [0.717, 1.165) is 0 Å². The van der Waals surface area contributed by atoms with E-state index in [-0.39, 0.29) is 23.2 Å². The third-order valence-electron chi connectivity index (χ3n) is 4.41.